The molecule has 1 spiro atoms. The maximum Gasteiger partial charge on any atom is 0.130 e. The second-order valence-electron chi connectivity index (χ2n) is 9.50. The predicted molar refractivity (Wildman–Crippen MR) is 121 cm³/mol. The molecule has 6 heteroatoms. The number of ether oxygens (including phenoxy) is 1. The molecule has 3 aliphatic rings. The van der Waals surface area contributed by atoms with Crippen LogP contribution in [0.25, 0.3) is 5.57 Å². The molecule has 2 fully saturated rings. The molecule has 0 amide bonds. The molecule has 0 atom stereocenters. The molecule has 2 saturated heterocycles. The normalized spacial score (nSPS) is 23.0. The number of aryl methyl sites for hydroxylation is 3. The topological polar surface area (TPSA) is 54.4 Å². The lowest BCUT2D eigenvalue weighted by atomic mass is 9.84. The number of hydrogen-bond donors (Lipinski definition) is 1. The molecular formula is C25H36N2O4. The lowest BCUT2D eigenvalue weighted by Gasteiger charge is -2.47. The van der Waals surface area contributed by atoms with Crippen LogP contribution in [0.4, 0.5) is 0 Å². The van der Waals surface area contributed by atoms with Crippen molar-refractivity contribution in [1.29, 1.82) is 0 Å². The summed E-state index contributed by atoms with van der Waals surface area (Å²) in [5.74, 6) is 0.374. The molecule has 1 N–H and O–H groups in total. The highest BCUT2D eigenvalue weighted by molar-refractivity contribution is 5.86. The van der Waals surface area contributed by atoms with Gasteiger partial charge in [-0.25, -0.2) is 5.06 Å². The number of hydrogen-bond acceptors (Lipinski definition) is 6. The van der Waals surface area contributed by atoms with Crippen LogP contribution in [-0.4, -0.2) is 60.8 Å². The van der Waals surface area contributed by atoms with Gasteiger partial charge in [0.15, 0.2) is 0 Å². The van der Waals surface area contributed by atoms with Gasteiger partial charge in [0.05, 0.1) is 32.6 Å². The molecule has 1 aromatic rings. The average molecular weight is 429 g/mol. The van der Waals surface area contributed by atoms with E-state index in [1.807, 2.05) is 10.1 Å². The Labute approximate surface area is 186 Å². The number of allylic oxidation sites excluding steroid dienone is 1. The molecule has 0 saturated carbocycles. The molecule has 31 heavy (non-hydrogen) atoms. The zero-order valence-electron chi connectivity index (χ0n) is 19.6. The summed E-state index contributed by atoms with van der Waals surface area (Å²) in [4.78, 5) is 11.9. The number of nitrogens with zero attached hydrogens (tertiary/aromatic N) is 2. The highest BCUT2D eigenvalue weighted by Crippen LogP contribution is 2.51. The minimum Gasteiger partial charge on any atom is -0.509 e. The van der Waals surface area contributed by atoms with E-state index in [4.69, 9.17) is 14.4 Å². The maximum absolute atomic E-state index is 11.7. The van der Waals surface area contributed by atoms with Crippen molar-refractivity contribution in [2.75, 3.05) is 40.0 Å². The number of benzene rings is 1. The Hall–Kier alpha value is -1.86. The number of aliphatic hydroxyl groups excluding tert-OH is 1. The van der Waals surface area contributed by atoms with Crippen molar-refractivity contribution in [3.63, 3.8) is 0 Å². The van der Waals surface area contributed by atoms with Gasteiger partial charge in [-0.15, -0.1) is 0 Å². The van der Waals surface area contributed by atoms with Crippen molar-refractivity contribution in [2.45, 2.75) is 52.5 Å². The van der Waals surface area contributed by atoms with E-state index in [2.05, 4.69) is 46.4 Å². The molecule has 0 bridgehead atoms. The van der Waals surface area contributed by atoms with Gasteiger partial charge < -0.3 is 14.7 Å². The fraction of sp³-hybridized carbons (Fsp3) is 0.600. The molecule has 170 valence electrons. The summed E-state index contributed by atoms with van der Waals surface area (Å²) < 4.78 is 5.49. The minimum absolute atomic E-state index is 0.0444. The Morgan fingerprint density at radius 3 is 2.23 bits per heavy atom. The van der Waals surface area contributed by atoms with Gasteiger partial charge in [-0.05, 0) is 56.7 Å². The summed E-state index contributed by atoms with van der Waals surface area (Å²) in [5.41, 5.74) is 5.54. The van der Waals surface area contributed by atoms with Crippen molar-refractivity contribution < 1.29 is 19.5 Å². The van der Waals surface area contributed by atoms with E-state index >= 15 is 0 Å². The van der Waals surface area contributed by atoms with Gasteiger partial charge in [-0.1, -0.05) is 31.2 Å². The quantitative estimate of drug-likeness (QED) is 0.722. The summed E-state index contributed by atoms with van der Waals surface area (Å²) >= 11 is 0. The molecule has 0 aliphatic carbocycles. The van der Waals surface area contributed by atoms with Gasteiger partial charge in [0.2, 0.25) is 0 Å². The van der Waals surface area contributed by atoms with Crippen LogP contribution >= 0.6 is 0 Å². The fourth-order valence-electron chi connectivity index (χ4n) is 5.32. The monoisotopic (exact) mass is 428 g/mol. The van der Waals surface area contributed by atoms with E-state index < -0.39 is 5.54 Å². The highest BCUT2D eigenvalue weighted by atomic mass is 16.7. The SMILES string of the molecule is C=C1C(c2c(C)cc(C)cc2C)=C(O)C2(CCN(OC)CC2)N1OCC1(CC)COC1. The molecule has 1 aromatic carbocycles. The van der Waals surface area contributed by atoms with Gasteiger partial charge in [-0.2, -0.15) is 5.06 Å². The van der Waals surface area contributed by atoms with Crippen LogP contribution in [0, 0.1) is 26.2 Å². The van der Waals surface area contributed by atoms with Gasteiger partial charge in [0.1, 0.15) is 11.3 Å². The predicted octanol–water partition coefficient (Wildman–Crippen LogP) is 4.46. The van der Waals surface area contributed by atoms with Gasteiger partial charge in [0.25, 0.3) is 0 Å². The van der Waals surface area contributed by atoms with Crippen LogP contribution < -0.4 is 0 Å². The number of hydroxylamine groups is 4. The first-order valence-electron chi connectivity index (χ1n) is 11.3. The maximum atomic E-state index is 11.7. The molecule has 0 radical (unpaired) electrons. The lowest BCUT2D eigenvalue weighted by Crippen LogP contribution is -2.55. The molecule has 4 rings (SSSR count). The Balaban J connectivity index is 1.73. The molecule has 0 unspecified atom stereocenters. The molecule has 3 heterocycles. The van der Waals surface area contributed by atoms with Crippen molar-refractivity contribution >= 4 is 5.57 Å². The van der Waals surface area contributed by atoms with Crippen LogP contribution in [0.15, 0.2) is 30.2 Å². The van der Waals surface area contributed by atoms with E-state index in [0.717, 1.165) is 60.7 Å². The van der Waals surface area contributed by atoms with Crippen molar-refractivity contribution in [3.8, 4) is 0 Å². The van der Waals surface area contributed by atoms with E-state index in [1.54, 1.807) is 7.11 Å². The number of rotatable bonds is 6. The van der Waals surface area contributed by atoms with Crippen LogP contribution in [0.5, 0.6) is 0 Å². The van der Waals surface area contributed by atoms with Crippen LogP contribution in [0.2, 0.25) is 0 Å². The summed E-state index contributed by atoms with van der Waals surface area (Å²) in [6.45, 7) is 16.3. The Morgan fingerprint density at radius 1 is 1.13 bits per heavy atom. The zero-order valence-corrected chi connectivity index (χ0v) is 19.6. The van der Waals surface area contributed by atoms with E-state index in [1.165, 1.54) is 5.56 Å². The third kappa shape index (κ3) is 3.59. The Bertz CT molecular complexity index is 866. The van der Waals surface area contributed by atoms with Crippen LogP contribution in [-0.2, 0) is 14.4 Å². The molecule has 0 aromatic heterocycles. The van der Waals surface area contributed by atoms with Crippen molar-refractivity contribution in [1.82, 2.24) is 10.1 Å². The van der Waals surface area contributed by atoms with Crippen LogP contribution in [0.1, 0.15) is 48.4 Å². The van der Waals surface area contributed by atoms with E-state index in [-0.39, 0.29) is 5.41 Å². The zero-order chi connectivity index (χ0) is 22.4. The van der Waals surface area contributed by atoms with Gasteiger partial charge in [-0.3, -0.25) is 4.84 Å². The summed E-state index contributed by atoms with van der Waals surface area (Å²) in [5, 5.41) is 15.6. The summed E-state index contributed by atoms with van der Waals surface area (Å²) in [7, 11) is 1.70. The standard InChI is InChI=1S/C25H36N2O4/c1-7-24(14-30-15-24)16-31-27-20(5)22(21-18(3)12-17(2)13-19(21)4)23(28)25(27)8-10-26(29-6)11-9-25/h12-13,28H,5,7-11,14-16H2,1-4,6H3. The van der Waals surface area contributed by atoms with Gasteiger partial charge >= 0.3 is 0 Å². The average Bonchev–Trinajstić information content (AvgIpc) is 2.89. The number of aliphatic hydroxyl groups is 1. The molecular weight excluding hydrogens is 392 g/mol. The molecule has 3 aliphatic heterocycles. The largest absolute Gasteiger partial charge is 0.509 e. The number of piperidine rings is 1. The first kappa shape index (κ1) is 22.3. The van der Waals surface area contributed by atoms with E-state index in [9.17, 15) is 5.11 Å². The van der Waals surface area contributed by atoms with Crippen molar-refractivity contribution in [2.24, 2.45) is 5.41 Å². The highest BCUT2D eigenvalue weighted by Gasteiger charge is 2.53. The molecule has 6 nitrogen and oxygen atoms in total. The first-order valence-corrected chi connectivity index (χ1v) is 11.3. The second kappa shape index (κ2) is 8.24. The smallest absolute Gasteiger partial charge is 0.130 e. The van der Waals surface area contributed by atoms with Gasteiger partial charge in [0, 0.05) is 24.1 Å². The summed E-state index contributed by atoms with van der Waals surface area (Å²) in [6.07, 6.45) is 2.41. The fourth-order valence-corrected chi connectivity index (χ4v) is 5.32. The van der Waals surface area contributed by atoms with E-state index in [0.29, 0.717) is 25.2 Å². The first-order chi connectivity index (χ1) is 14.8. The Morgan fingerprint density at radius 2 is 1.74 bits per heavy atom. The summed E-state index contributed by atoms with van der Waals surface area (Å²) in [6, 6.07) is 4.33. The third-order valence-electron chi connectivity index (χ3n) is 7.40. The lowest BCUT2D eigenvalue weighted by molar-refractivity contribution is -0.257. The van der Waals surface area contributed by atoms with Crippen LogP contribution in [0.3, 0.4) is 0 Å². The van der Waals surface area contributed by atoms with Crippen molar-refractivity contribution in [3.05, 3.63) is 52.4 Å². The minimum atomic E-state index is -0.620. The second-order valence-corrected chi connectivity index (χ2v) is 9.50. The Kier molecular flexibility index (Phi) is 5.94. The third-order valence-corrected chi connectivity index (χ3v) is 7.40.